The Labute approximate surface area is 323 Å². The maximum absolute atomic E-state index is 2.55. The van der Waals surface area contributed by atoms with Crippen LogP contribution >= 0.6 is 0 Å². The lowest BCUT2D eigenvalue weighted by Gasteiger charge is -2.43. The summed E-state index contributed by atoms with van der Waals surface area (Å²) in [6.07, 6.45) is 0. The second-order valence-electron chi connectivity index (χ2n) is 15.0. The van der Waals surface area contributed by atoms with Gasteiger partial charge in [-0.3, -0.25) is 0 Å². The lowest BCUT2D eigenvalue weighted by molar-refractivity contribution is 0.632. The summed E-state index contributed by atoms with van der Waals surface area (Å²) in [5.74, 6) is 0. The van der Waals surface area contributed by atoms with Crippen LogP contribution in [0.25, 0.3) is 43.8 Å². The van der Waals surface area contributed by atoms with E-state index in [4.69, 9.17) is 0 Å². The molecular weight excluding hydrogens is 665 g/mol. The minimum absolute atomic E-state index is 0.233. The first kappa shape index (κ1) is 32.7. The summed E-state index contributed by atoms with van der Waals surface area (Å²) in [5.41, 5.74) is 14.1. The fourth-order valence-corrected chi connectivity index (χ4v) is 8.63. The van der Waals surface area contributed by atoms with Gasteiger partial charge in [0, 0.05) is 33.4 Å². The zero-order valence-electron chi connectivity index (χ0n) is 31.0. The molecule has 0 radical (unpaired) electrons. The highest BCUT2D eigenvalue weighted by atomic mass is 15.2. The number of para-hydroxylation sites is 2. The smallest absolute Gasteiger partial charge is 0.0618 e. The normalized spacial score (nSPS) is 13.0. The summed E-state index contributed by atoms with van der Waals surface area (Å²) in [5, 5.41) is 4.91. The average molecular weight is 705 g/mol. The minimum Gasteiger partial charge on any atom is -0.310 e. The Morgan fingerprint density at radius 1 is 0.382 bits per heavy atom. The van der Waals surface area contributed by atoms with Crippen LogP contribution < -0.4 is 9.80 Å². The van der Waals surface area contributed by atoms with Crippen LogP contribution in [0.15, 0.2) is 206 Å². The number of benzene rings is 9. The molecule has 262 valence electrons. The molecule has 0 bridgehead atoms. The van der Waals surface area contributed by atoms with E-state index < -0.39 is 0 Å². The number of rotatable bonds is 6. The van der Waals surface area contributed by atoms with Gasteiger partial charge in [-0.25, -0.2) is 0 Å². The summed E-state index contributed by atoms with van der Waals surface area (Å²) >= 11 is 0. The third kappa shape index (κ3) is 5.57. The van der Waals surface area contributed by atoms with E-state index in [9.17, 15) is 0 Å². The van der Waals surface area contributed by atoms with Crippen molar-refractivity contribution in [1.82, 2.24) is 0 Å². The Morgan fingerprint density at radius 3 is 1.75 bits per heavy atom. The first-order chi connectivity index (χ1) is 27.0. The summed E-state index contributed by atoms with van der Waals surface area (Å²) in [6.45, 7) is 4.73. The summed E-state index contributed by atoms with van der Waals surface area (Å²) in [6, 6.07) is 75.3. The van der Waals surface area contributed by atoms with Crippen molar-refractivity contribution in [2.45, 2.75) is 19.3 Å². The molecule has 1 aliphatic rings. The van der Waals surface area contributed by atoms with Gasteiger partial charge in [0.05, 0.1) is 17.1 Å². The molecule has 0 fully saturated rings. The highest BCUT2D eigenvalue weighted by Crippen LogP contribution is 2.56. The van der Waals surface area contributed by atoms with Crippen molar-refractivity contribution >= 4 is 55.7 Å². The molecule has 0 amide bonds. The molecule has 0 aromatic heterocycles. The topological polar surface area (TPSA) is 6.48 Å². The van der Waals surface area contributed by atoms with Crippen LogP contribution in [-0.4, -0.2) is 0 Å². The van der Waals surface area contributed by atoms with Crippen molar-refractivity contribution in [3.63, 3.8) is 0 Å². The van der Waals surface area contributed by atoms with Crippen molar-refractivity contribution in [3.05, 3.63) is 217 Å². The molecule has 10 rings (SSSR count). The Bertz CT molecular complexity index is 2840. The van der Waals surface area contributed by atoms with E-state index >= 15 is 0 Å². The van der Waals surface area contributed by atoms with Crippen molar-refractivity contribution in [2.24, 2.45) is 0 Å². The maximum Gasteiger partial charge on any atom is 0.0618 e. The largest absolute Gasteiger partial charge is 0.310 e. The van der Waals surface area contributed by atoms with Crippen LogP contribution in [0.2, 0.25) is 0 Å². The number of nitrogens with zero attached hydrogens (tertiary/aromatic N) is 2. The second kappa shape index (κ2) is 13.2. The number of hydrogen-bond acceptors (Lipinski definition) is 2. The van der Waals surface area contributed by atoms with Crippen molar-refractivity contribution in [2.75, 3.05) is 9.80 Å². The van der Waals surface area contributed by atoms with E-state index in [-0.39, 0.29) is 5.41 Å². The minimum atomic E-state index is -0.233. The predicted octanol–water partition coefficient (Wildman–Crippen LogP) is 14.9. The van der Waals surface area contributed by atoms with E-state index in [2.05, 4.69) is 230 Å². The number of fused-ring (bicyclic) bond motifs is 4. The maximum atomic E-state index is 2.55. The van der Waals surface area contributed by atoms with Gasteiger partial charge in [-0.1, -0.05) is 172 Å². The van der Waals surface area contributed by atoms with Crippen LogP contribution in [-0.2, 0) is 5.41 Å². The van der Waals surface area contributed by atoms with Gasteiger partial charge in [0.2, 0.25) is 0 Å². The molecule has 0 saturated carbocycles. The van der Waals surface area contributed by atoms with Gasteiger partial charge in [0.1, 0.15) is 0 Å². The molecule has 1 heterocycles. The molecule has 1 aliphatic heterocycles. The first-order valence-corrected chi connectivity index (χ1v) is 19.1. The lowest BCUT2D eigenvalue weighted by atomic mass is 9.73. The van der Waals surface area contributed by atoms with Gasteiger partial charge < -0.3 is 9.80 Å². The number of anilines is 6. The van der Waals surface area contributed by atoms with E-state index in [1.807, 2.05) is 0 Å². The number of hydrogen-bond donors (Lipinski definition) is 0. The van der Waals surface area contributed by atoms with E-state index in [0.29, 0.717) is 0 Å². The molecule has 0 spiro atoms. The van der Waals surface area contributed by atoms with Gasteiger partial charge in [-0.15, -0.1) is 0 Å². The Balaban J connectivity index is 1.22. The molecule has 0 aliphatic carbocycles. The third-order valence-corrected chi connectivity index (χ3v) is 11.4. The standard InChI is InChI=1S/C53H40N2/c1-53(2)48-23-13-14-24-50(48)55(52-46-22-12-11-18-40(46)29-33-47(52)42-26-25-38-17-9-10-19-41(38)35-42)51-36-45(32-34-49(51)53)54(43-20-7-4-8-21-43)44-30-27-39(28-31-44)37-15-5-3-6-16-37/h3-36H,1-2H3. The first-order valence-electron chi connectivity index (χ1n) is 19.1. The molecule has 0 atom stereocenters. The molecule has 9 aromatic rings. The van der Waals surface area contributed by atoms with Crippen LogP contribution in [0.5, 0.6) is 0 Å². The third-order valence-electron chi connectivity index (χ3n) is 11.4. The molecule has 2 heteroatoms. The van der Waals surface area contributed by atoms with Gasteiger partial charge >= 0.3 is 0 Å². The molecule has 0 unspecified atom stereocenters. The van der Waals surface area contributed by atoms with E-state index in [1.54, 1.807) is 0 Å². The highest BCUT2D eigenvalue weighted by Gasteiger charge is 2.38. The predicted molar refractivity (Wildman–Crippen MR) is 234 cm³/mol. The quantitative estimate of drug-likeness (QED) is 0.170. The molecule has 0 saturated heterocycles. The van der Waals surface area contributed by atoms with Crippen molar-refractivity contribution in [3.8, 4) is 22.3 Å². The van der Waals surface area contributed by atoms with Crippen LogP contribution in [0.4, 0.5) is 34.1 Å². The SMILES string of the molecule is CC1(C)c2ccccc2N(c2c(-c3ccc4ccccc4c3)ccc3ccccc23)c2cc(N(c3ccccc3)c3ccc(-c4ccccc4)cc3)ccc21. The Hall–Kier alpha value is -6.90. The van der Waals surface area contributed by atoms with Crippen molar-refractivity contribution in [1.29, 1.82) is 0 Å². The van der Waals surface area contributed by atoms with Gasteiger partial charge in [-0.05, 0) is 92.5 Å². The Kier molecular flexibility index (Phi) is 7.85. The van der Waals surface area contributed by atoms with Crippen molar-refractivity contribution < 1.29 is 0 Å². The van der Waals surface area contributed by atoms with Crippen LogP contribution in [0.3, 0.4) is 0 Å². The summed E-state index contributed by atoms with van der Waals surface area (Å²) < 4.78 is 0. The summed E-state index contributed by atoms with van der Waals surface area (Å²) in [7, 11) is 0. The lowest BCUT2D eigenvalue weighted by Crippen LogP contribution is -2.31. The fourth-order valence-electron chi connectivity index (χ4n) is 8.63. The highest BCUT2D eigenvalue weighted by molar-refractivity contribution is 6.08. The van der Waals surface area contributed by atoms with Crippen LogP contribution in [0, 0.1) is 0 Å². The van der Waals surface area contributed by atoms with Gasteiger partial charge in [0.15, 0.2) is 0 Å². The monoisotopic (exact) mass is 704 g/mol. The summed E-state index contributed by atoms with van der Waals surface area (Å²) in [4.78, 5) is 4.93. The zero-order valence-corrected chi connectivity index (χ0v) is 31.0. The fraction of sp³-hybridized carbons (Fsp3) is 0.0566. The van der Waals surface area contributed by atoms with E-state index in [1.165, 1.54) is 72.0 Å². The average Bonchev–Trinajstić information content (AvgIpc) is 3.24. The van der Waals surface area contributed by atoms with Crippen LogP contribution in [0.1, 0.15) is 25.0 Å². The van der Waals surface area contributed by atoms with Gasteiger partial charge in [-0.2, -0.15) is 0 Å². The zero-order chi connectivity index (χ0) is 36.9. The molecule has 2 nitrogen and oxygen atoms in total. The molecular formula is C53H40N2. The second-order valence-corrected chi connectivity index (χ2v) is 15.0. The molecule has 55 heavy (non-hydrogen) atoms. The Morgan fingerprint density at radius 2 is 0.945 bits per heavy atom. The molecule has 9 aromatic carbocycles. The molecule has 0 N–H and O–H groups in total. The van der Waals surface area contributed by atoms with E-state index in [0.717, 1.165) is 17.1 Å². The van der Waals surface area contributed by atoms with Gasteiger partial charge in [0.25, 0.3) is 0 Å².